The van der Waals surface area contributed by atoms with Crippen molar-refractivity contribution in [3.05, 3.63) is 28.0 Å². The predicted molar refractivity (Wildman–Crippen MR) is 84.1 cm³/mol. The van der Waals surface area contributed by atoms with Gasteiger partial charge in [-0.3, -0.25) is 4.84 Å². The molecule has 2 heterocycles. The number of nitrogens with two attached hydrogens (primary N) is 1. The van der Waals surface area contributed by atoms with Crippen LogP contribution in [0.2, 0.25) is 0 Å². The van der Waals surface area contributed by atoms with E-state index in [0.717, 1.165) is 6.42 Å². The molecule has 1 saturated carbocycles. The van der Waals surface area contributed by atoms with Crippen LogP contribution in [0.25, 0.3) is 5.70 Å². The molecule has 1 unspecified atom stereocenters. The highest BCUT2D eigenvalue weighted by Crippen LogP contribution is 2.36. The van der Waals surface area contributed by atoms with E-state index in [2.05, 4.69) is 30.2 Å². The van der Waals surface area contributed by atoms with Crippen LogP contribution in [0, 0.1) is 0 Å². The maximum Gasteiger partial charge on any atom is 0.155 e. The van der Waals surface area contributed by atoms with Crippen LogP contribution in [0.5, 0.6) is 0 Å². The van der Waals surface area contributed by atoms with E-state index in [-0.39, 0.29) is 6.23 Å². The lowest BCUT2D eigenvalue weighted by molar-refractivity contribution is -0.148. The molecule has 0 spiro atoms. The van der Waals surface area contributed by atoms with Gasteiger partial charge in [0, 0.05) is 4.88 Å². The minimum absolute atomic E-state index is 0.291. The van der Waals surface area contributed by atoms with Crippen LogP contribution in [0.15, 0.2) is 18.2 Å². The van der Waals surface area contributed by atoms with Crippen LogP contribution in [0.1, 0.15) is 55.2 Å². The number of thiophene rings is 1. The standard InChI is InChI=1S/C16H24N2OS/c1-2-13-9-10-15(20-13)14-11-16(17)19-18(14)12-7-5-3-4-6-8-12/h9-12,16H,2-8,17H2,1H3. The van der Waals surface area contributed by atoms with Crippen molar-refractivity contribution in [1.82, 2.24) is 5.06 Å². The summed E-state index contributed by atoms with van der Waals surface area (Å²) in [5.74, 6) is 0. The Morgan fingerprint density at radius 2 is 2.00 bits per heavy atom. The second-order valence-electron chi connectivity index (χ2n) is 5.71. The van der Waals surface area contributed by atoms with Crippen molar-refractivity contribution in [1.29, 1.82) is 0 Å². The van der Waals surface area contributed by atoms with Gasteiger partial charge in [0.2, 0.25) is 0 Å². The summed E-state index contributed by atoms with van der Waals surface area (Å²) in [4.78, 5) is 8.60. The molecular formula is C16H24N2OS. The molecule has 0 saturated heterocycles. The minimum Gasteiger partial charge on any atom is -0.301 e. The quantitative estimate of drug-likeness (QED) is 0.859. The number of hydrogen-bond acceptors (Lipinski definition) is 4. The molecule has 110 valence electrons. The zero-order valence-electron chi connectivity index (χ0n) is 12.2. The van der Waals surface area contributed by atoms with E-state index in [1.165, 1.54) is 54.0 Å². The van der Waals surface area contributed by atoms with E-state index in [9.17, 15) is 0 Å². The van der Waals surface area contributed by atoms with Gasteiger partial charge in [0.25, 0.3) is 0 Å². The first kappa shape index (κ1) is 14.1. The van der Waals surface area contributed by atoms with Crippen molar-refractivity contribution in [2.75, 3.05) is 0 Å². The van der Waals surface area contributed by atoms with E-state index < -0.39 is 0 Å². The maximum atomic E-state index is 6.00. The molecule has 1 fully saturated rings. The van der Waals surface area contributed by atoms with Crippen molar-refractivity contribution in [3.8, 4) is 0 Å². The molecule has 4 heteroatoms. The van der Waals surface area contributed by atoms with Gasteiger partial charge in [-0.2, -0.15) is 0 Å². The topological polar surface area (TPSA) is 38.5 Å². The highest BCUT2D eigenvalue weighted by molar-refractivity contribution is 7.13. The molecule has 1 aromatic rings. The molecule has 2 N–H and O–H groups in total. The Morgan fingerprint density at radius 1 is 1.25 bits per heavy atom. The van der Waals surface area contributed by atoms with Crippen LogP contribution in [-0.4, -0.2) is 17.3 Å². The second-order valence-corrected chi connectivity index (χ2v) is 6.88. The summed E-state index contributed by atoms with van der Waals surface area (Å²) in [6.45, 7) is 2.20. The third-order valence-corrected chi connectivity index (χ3v) is 5.47. The third-order valence-electron chi connectivity index (χ3n) is 4.21. The Hall–Kier alpha value is -0.840. The molecular weight excluding hydrogens is 268 g/mol. The van der Waals surface area contributed by atoms with Crippen LogP contribution >= 0.6 is 11.3 Å². The molecule has 1 atom stereocenters. The van der Waals surface area contributed by atoms with E-state index in [1.54, 1.807) is 0 Å². The third kappa shape index (κ3) is 2.92. The zero-order valence-corrected chi connectivity index (χ0v) is 13.0. The van der Waals surface area contributed by atoms with Gasteiger partial charge in [0.1, 0.15) is 0 Å². The van der Waals surface area contributed by atoms with Crippen LogP contribution in [0.4, 0.5) is 0 Å². The number of rotatable bonds is 3. The normalized spacial score (nSPS) is 24.8. The van der Waals surface area contributed by atoms with Crippen molar-refractivity contribution >= 4 is 17.0 Å². The molecule has 1 aliphatic carbocycles. The number of hydroxylamine groups is 2. The molecule has 2 aliphatic rings. The first-order chi connectivity index (χ1) is 9.78. The summed E-state index contributed by atoms with van der Waals surface area (Å²) in [6.07, 6.45) is 10.6. The van der Waals surface area contributed by atoms with Crippen LogP contribution in [-0.2, 0) is 11.3 Å². The molecule has 20 heavy (non-hydrogen) atoms. The van der Waals surface area contributed by atoms with Gasteiger partial charge in [-0.1, -0.05) is 32.6 Å². The lowest BCUT2D eigenvalue weighted by atomic mass is 10.1. The van der Waals surface area contributed by atoms with E-state index in [0.29, 0.717) is 6.04 Å². The molecule has 3 rings (SSSR count). The lowest BCUT2D eigenvalue weighted by Gasteiger charge is -2.29. The lowest BCUT2D eigenvalue weighted by Crippen LogP contribution is -2.34. The van der Waals surface area contributed by atoms with Gasteiger partial charge < -0.3 is 5.73 Å². The summed E-state index contributed by atoms with van der Waals surface area (Å²) >= 11 is 1.86. The fourth-order valence-electron chi connectivity index (χ4n) is 3.12. The highest BCUT2D eigenvalue weighted by Gasteiger charge is 2.30. The van der Waals surface area contributed by atoms with Crippen molar-refractivity contribution in [3.63, 3.8) is 0 Å². The van der Waals surface area contributed by atoms with E-state index in [4.69, 9.17) is 10.6 Å². The molecule has 0 amide bonds. The summed E-state index contributed by atoms with van der Waals surface area (Å²) in [7, 11) is 0. The molecule has 0 bridgehead atoms. The fraction of sp³-hybridized carbons (Fsp3) is 0.625. The SMILES string of the molecule is CCc1ccc(C2=CC(N)ON2C2CCCCCC2)s1. The number of hydrogen-bond donors (Lipinski definition) is 1. The maximum absolute atomic E-state index is 6.00. The minimum atomic E-state index is -0.291. The first-order valence-electron chi connectivity index (χ1n) is 7.80. The molecule has 1 aromatic heterocycles. The smallest absolute Gasteiger partial charge is 0.155 e. The van der Waals surface area contributed by atoms with Gasteiger partial charge in [-0.25, -0.2) is 5.06 Å². The van der Waals surface area contributed by atoms with Gasteiger partial charge in [0.15, 0.2) is 6.23 Å². The molecule has 0 aromatic carbocycles. The fourth-order valence-corrected chi connectivity index (χ4v) is 4.08. The Balaban J connectivity index is 1.81. The van der Waals surface area contributed by atoms with Crippen molar-refractivity contribution in [2.24, 2.45) is 5.73 Å². The Morgan fingerprint density at radius 3 is 2.65 bits per heavy atom. The van der Waals surface area contributed by atoms with Crippen LogP contribution in [0.3, 0.4) is 0 Å². The van der Waals surface area contributed by atoms with Crippen molar-refractivity contribution < 1.29 is 4.84 Å². The molecule has 0 radical (unpaired) electrons. The van der Waals surface area contributed by atoms with E-state index >= 15 is 0 Å². The van der Waals surface area contributed by atoms with Gasteiger partial charge in [-0.15, -0.1) is 11.3 Å². The Bertz CT molecular complexity index is 475. The second kappa shape index (κ2) is 6.29. The zero-order chi connectivity index (χ0) is 13.9. The predicted octanol–water partition coefficient (Wildman–Crippen LogP) is 3.91. The monoisotopic (exact) mass is 292 g/mol. The average Bonchev–Trinajstić information content (AvgIpc) is 2.97. The summed E-state index contributed by atoms with van der Waals surface area (Å²) in [5, 5.41) is 2.11. The van der Waals surface area contributed by atoms with Gasteiger partial charge >= 0.3 is 0 Å². The van der Waals surface area contributed by atoms with Crippen molar-refractivity contribution in [2.45, 2.75) is 64.1 Å². The average molecular weight is 292 g/mol. The summed E-state index contributed by atoms with van der Waals surface area (Å²) in [6, 6.07) is 4.92. The highest BCUT2D eigenvalue weighted by atomic mass is 32.1. The van der Waals surface area contributed by atoms with Gasteiger partial charge in [0.05, 0.1) is 16.6 Å². The van der Waals surface area contributed by atoms with E-state index in [1.807, 2.05) is 11.3 Å². The largest absolute Gasteiger partial charge is 0.301 e. The summed E-state index contributed by atoms with van der Waals surface area (Å²) in [5.41, 5.74) is 7.19. The Labute approximate surface area is 125 Å². The molecule has 3 nitrogen and oxygen atoms in total. The van der Waals surface area contributed by atoms with Crippen LogP contribution < -0.4 is 5.73 Å². The first-order valence-corrected chi connectivity index (χ1v) is 8.62. The summed E-state index contributed by atoms with van der Waals surface area (Å²) < 4.78 is 0. The van der Waals surface area contributed by atoms with Gasteiger partial charge in [-0.05, 0) is 37.5 Å². The Kier molecular flexibility index (Phi) is 4.44. The number of aryl methyl sites for hydroxylation is 1. The number of nitrogens with zero attached hydrogens (tertiary/aromatic N) is 1. The molecule has 1 aliphatic heterocycles.